The fraction of sp³-hybridized carbons (Fsp3) is 0.294. The van der Waals surface area contributed by atoms with Gasteiger partial charge in [0, 0.05) is 35.8 Å². The van der Waals surface area contributed by atoms with Gasteiger partial charge in [-0.15, -0.1) is 0 Å². The molecule has 8 heteroatoms. The second-order valence-corrected chi connectivity index (χ2v) is 6.13. The Morgan fingerprint density at radius 1 is 1.28 bits per heavy atom. The number of nitrogens with zero attached hydrogens (tertiary/aromatic N) is 3. The minimum Gasteiger partial charge on any atom is -0.393 e. The number of hydrogen-bond donors (Lipinski definition) is 3. The molecule has 2 aliphatic heterocycles. The maximum Gasteiger partial charge on any atom is 0.324 e. The zero-order valence-electron chi connectivity index (χ0n) is 13.3. The van der Waals surface area contributed by atoms with Gasteiger partial charge in [0.15, 0.2) is 5.82 Å². The van der Waals surface area contributed by atoms with Gasteiger partial charge < -0.3 is 15.3 Å². The molecular weight excluding hydrogens is 322 g/mol. The monoisotopic (exact) mass is 339 g/mol. The molecule has 2 atom stereocenters. The van der Waals surface area contributed by atoms with E-state index in [-0.39, 0.29) is 11.9 Å². The van der Waals surface area contributed by atoms with E-state index in [0.29, 0.717) is 36.5 Å². The maximum atomic E-state index is 12.6. The number of carbonyl (C=O) groups excluding carboxylic acids is 2. The van der Waals surface area contributed by atoms with Crippen molar-refractivity contribution in [2.75, 3.05) is 17.2 Å². The van der Waals surface area contributed by atoms with Crippen LogP contribution in [-0.4, -0.2) is 44.6 Å². The van der Waals surface area contributed by atoms with Gasteiger partial charge in [0.2, 0.25) is 0 Å². The quantitative estimate of drug-likeness (QED) is 0.773. The van der Waals surface area contributed by atoms with Crippen molar-refractivity contribution in [3.05, 3.63) is 47.9 Å². The number of benzene rings is 1. The van der Waals surface area contributed by atoms with E-state index < -0.39 is 12.1 Å². The number of fused-ring (bicyclic) bond motifs is 3. The van der Waals surface area contributed by atoms with Crippen LogP contribution in [0.2, 0.25) is 0 Å². The summed E-state index contributed by atoms with van der Waals surface area (Å²) in [5.41, 5.74) is 1.91. The molecule has 0 radical (unpaired) electrons. The Morgan fingerprint density at radius 2 is 2.16 bits per heavy atom. The van der Waals surface area contributed by atoms with Gasteiger partial charge >= 0.3 is 6.03 Å². The number of aliphatic hydroxyl groups excluding tert-OH is 1. The summed E-state index contributed by atoms with van der Waals surface area (Å²) < 4.78 is 0. The van der Waals surface area contributed by atoms with Gasteiger partial charge in [-0.1, -0.05) is 6.07 Å². The second kappa shape index (κ2) is 6.14. The standard InChI is InChI=1S/C17H17N5O3/c23-10-4-7-22-13(8-10)15-11(16(22)24)2-1-3-12(15)20-17(25)21-14-9-18-5-6-19-14/h1-3,5-6,9-10,13,23H,4,7-8H2,(H2,19,20,21,25)/t10-,13+/m1/s1. The van der Waals surface area contributed by atoms with Gasteiger partial charge in [-0.2, -0.15) is 0 Å². The van der Waals surface area contributed by atoms with E-state index in [1.165, 1.54) is 18.6 Å². The molecule has 0 aliphatic carbocycles. The molecule has 128 valence electrons. The third-order valence-electron chi connectivity index (χ3n) is 4.56. The summed E-state index contributed by atoms with van der Waals surface area (Å²) in [6.45, 7) is 0.518. The smallest absolute Gasteiger partial charge is 0.324 e. The topological polar surface area (TPSA) is 107 Å². The molecule has 0 saturated carbocycles. The van der Waals surface area contributed by atoms with Crippen LogP contribution in [0.15, 0.2) is 36.8 Å². The number of aromatic nitrogens is 2. The van der Waals surface area contributed by atoms with E-state index in [2.05, 4.69) is 20.6 Å². The number of piperidine rings is 1. The largest absolute Gasteiger partial charge is 0.393 e. The average molecular weight is 339 g/mol. The lowest BCUT2D eigenvalue weighted by molar-refractivity contribution is 0.0391. The Labute approximate surface area is 143 Å². The number of aliphatic hydroxyl groups is 1. The molecule has 2 aromatic rings. The molecule has 1 aromatic heterocycles. The molecule has 3 heterocycles. The van der Waals surface area contributed by atoms with Crippen LogP contribution < -0.4 is 10.6 Å². The average Bonchev–Trinajstić information content (AvgIpc) is 2.89. The molecular formula is C17H17N5O3. The molecule has 1 saturated heterocycles. The van der Waals surface area contributed by atoms with Gasteiger partial charge in [-0.05, 0) is 25.0 Å². The highest BCUT2D eigenvalue weighted by atomic mass is 16.3. The van der Waals surface area contributed by atoms with Gasteiger partial charge in [-0.3, -0.25) is 15.1 Å². The molecule has 4 rings (SSSR count). The number of rotatable bonds is 2. The van der Waals surface area contributed by atoms with Gasteiger partial charge in [0.25, 0.3) is 5.91 Å². The van der Waals surface area contributed by atoms with E-state index in [9.17, 15) is 14.7 Å². The first kappa shape index (κ1) is 15.5. The number of anilines is 2. The van der Waals surface area contributed by atoms with Crippen LogP contribution in [0.1, 0.15) is 34.8 Å². The number of urea groups is 1. The summed E-state index contributed by atoms with van der Waals surface area (Å²) in [4.78, 5) is 34.5. The first-order chi connectivity index (χ1) is 12.1. The van der Waals surface area contributed by atoms with E-state index in [0.717, 1.165) is 5.56 Å². The third kappa shape index (κ3) is 2.80. The lowest BCUT2D eigenvalue weighted by atomic mass is 9.94. The SMILES string of the molecule is O=C(Nc1cnccn1)Nc1cccc2c1[C@@H]1C[C@H](O)CCN1C2=O. The van der Waals surface area contributed by atoms with Gasteiger partial charge in [0.05, 0.1) is 18.3 Å². The second-order valence-electron chi connectivity index (χ2n) is 6.13. The molecule has 0 unspecified atom stereocenters. The van der Waals surface area contributed by atoms with Crippen LogP contribution in [0, 0.1) is 0 Å². The first-order valence-corrected chi connectivity index (χ1v) is 8.09. The van der Waals surface area contributed by atoms with Crippen LogP contribution in [-0.2, 0) is 0 Å². The molecule has 3 N–H and O–H groups in total. The van der Waals surface area contributed by atoms with Crippen molar-refractivity contribution < 1.29 is 14.7 Å². The van der Waals surface area contributed by atoms with Crippen LogP contribution >= 0.6 is 0 Å². The molecule has 1 aromatic carbocycles. The first-order valence-electron chi connectivity index (χ1n) is 8.09. The summed E-state index contributed by atoms with van der Waals surface area (Å²) in [5.74, 6) is 0.281. The number of nitrogens with one attached hydrogen (secondary N) is 2. The summed E-state index contributed by atoms with van der Waals surface area (Å²) in [5, 5.41) is 15.4. The maximum absolute atomic E-state index is 12.6. The molecule has 25 heavy (non-hydrogen) atoms. The Morgan fingerprint density at radius 3 is 2.96 bits per heavy atom. The Hall–Kier alpha value is -3.00. The summed E-state index contributed by atoms with van der Waals surface area (Å²) in [6.07, 6.45) is 5.05. The van der Waals surface area contributed by atoms with Crippen molar-refractivity contribution in [1.29, 1.82) is 0 Å². The normalized spacial score (nSPS) is 21.5. The van der Waals surface area contributed by atoms with Crippen molar-refractivity contribution in [2.24, 2.45) is 0 Å². The van der Waals surface area contributed by atoms with Crippen molar-refractivity contribution in [3.8, 4) is 0 Å². The summed E-state index contributed by atoms with van der Waals surface area (Å²) in [6, 6.07) is 4.58. The zero-order chi connectivity index (χ0) is 17.4. The Balaban J connectivity index is 1.60. The summed E-state index contributed by atoms with van der Waals surface area (Å²) in [7, 11) is 0. The molecule has 1 fully saturated rings. The third-order valence-corrected chi connectivity index (χ3v) is 4.56. The van der Waals surface area contributed by atoms with Crippen LogP contribution in [0.3, 0.4) is 0 Å². The van der Waals surface area contributed by atoms with Crippen LogP contribution in [0.5, 0.6) is 0 Å². The zero-order valence-corrected chi connectivity index (χ0v) is 13.3. The molecule has 2 aliphatic rings. The van der Waals surface area contributed by atoms with Gasteiger partial charge in [0.1, 0.15) is 0 Å². The van der Waals surface area contributed by atoms with E-state index in [4.69, 9.17) is 0 Å². The lowest BCUT2D eigenvalue weighted by Gasteiger charge is -2.33. The number of amides is 3. The van der Waals surface area contributed by atoms with Crippen molar-refractivity contribution >= 4 is 23.4 Å². The minimum atomic E-state index is -0.462. The molecule has 8 nitrogen and oxygen atoms in total. The predicted octanol–water partition coefficient (Wildman–Crippen LogP) is 1.77. The fourth-order valence-corrected chi connectivity index (χ4v) is 3.47. The fourth-order valence-electron chi connectivity index (χ4n) is 3.47. The van der Waals surface area contributed by atoms with Crippen LogP contribution in [0.25, 0.3) is 0 Å². The lowest BCUT2D eigenvalue weighted by Crippen LogP contribution is -2.37. The van der Waals surface area contributed by atoms with Crippen molar-refractivity contribution in [1.82, 2.24) is 14.9 Å². The predicted molar refractivity (Wildman–Crippen MR) is 90.1 cm³/mol. The Bertz CT molecular complexity index is 826. The van der Waals surface area contributed by atoms with Crippen LogP contribution in [0.4, 0.5) is 16.3 Å². The van der Waals surface area contributed by atoms with Crippen molar-refractivity contribution in [2.45, 2.75) is 25.0 Å². The highest BCUT2D eigenvalue weighted by Crippen LogP contribution is 2.43. The molecule has 0 spiro atoms. The Kier molecular flexibility index (Phi) is 3.81. The minimum absolute atomic E-state index is 0.0510. The van der Waals surface area contributed by atoms with E-state index in [1.54, 1.807) is 23.1 Å². The van der Waals surface area contributed by atoms with Gasteiger partial charge in [-0.25, -0.2) is 9.78 Å². The highest BCUT2D eigenvalue weighted by molar-refractivity contribution is 6.04. The highest BCUT2D eigenvalue weighted by Gasteiger charge is 2.41. The molecule has 3 amide bonds. The van der Waals surface area contributed by atoms with E-state index >= 15 is 0 Å². The number of hydrogen-bond acceptors (Lipinski definition) is 5. The number of carbonyl (C=O) groups is 2. The summed E-state index contributed by atoms with van der Waals surface area (Å²) >= 11 is 0. The molecule has 0 bridgehead atoms. The van der Waals surface area contributed by atoms with Crippen molar-refractivity contribution in [3.63, 3.8) is 0 Å². The van der Waals surface area contributed by atoms with E-state index in [1.807, 2.05) is 0 Å².